The summed E-state index contributed by atoms with van der Waals surface area (Å²) in [4.78, 5) is 12.0. The zero-order valence-corrected chi connectivity index (χ0v) is 10.6. The van der Waals surface area contributed by atoms with Crippen molar-refractivity contribution in [1.82, 2.24) is 10.6 Å². The molecule has 4 heteroatoms. The minimum absolute atomic E-state index is 0.119. The molecule has 1 aromatic carbocycles. The van der Waals surface area contributed by atoms with E-state index in [9.17, 15) is 9.18 Å². The van der Waals surface area contributed by atoms with E-state index in [1.807, 2.05) is 0 Å². The van der Waals surface area contributed by atoms with Crippen molar-refractivity contribution >= 4 is 5.91 Å². The van der Waals surface area contributed by atoms with Crippen molar-refractivity contribution in [3.8, 4) is 0 Å². The molecule has 2 N–H and O–H groups in total. The van der Waals surface area contributed by atoms with E-state index in [4.69, 9.17) is 0 Å². The lowest BCUT2D eigenvalue weighted by molar-refractivity contribution is 0.0935. The molecule has 98 valence electrons. The number of hydrogen-bond acceptors (Lipinski definition) is 2. The van der Waals surface area contributed by atoms with Gasteiger partial charge in [-0.25, -0.2) is 4.39 Å². The molecule has 1 aromatic rings. The van der Waals surface area contributed by atoms with Gasteiger partial charge in [0.25, 0.3) is 5.91 Å². The summed E-state index contributed by atoms with van der Waals surface area (Å²) in [5.41, 5.74) is 1.03. The van der Waals surface area contributed by atoms with Crippen molar-refractivity contribution in [2.75, 3.05) is 13.1 Å². The quantitative estimate of drug-likeness (QED) is 0.843. The van der Waals surface area contributed by atoms with Gasteiger partial charge in [0.2, 0.25) is 0 Å². The zero-order valence-electron chi connectivity index (χ0n) is 10.6. The standard InChI is InChI=1S/C14H19FN2O/c1-10-8-11(5-6-13(10)15)14(18)17-12-4-2-3-7-16-9-12/h5-6,8,12,16H,2-4,7,9H2,1H3,(H,17,18). The van der Waals surface area contributed by atoms with E-state index in [2.05, 4.69) is 10.6 Å². The highest BCUT2D eigenvalue weighted by Gasteiger charge is 2.15. The Hall–Kier alpha value is -1.42. The lowest BCUT2D eigenvalue weighted by Crippen LogP contribution is -2.40. The smallest absolute Gasteiger partial charge is 0.251 e. The van der Waals surface area contributed by atoms with Gasteiger partial charge < -0.3 is 10.6 Å². The highest BCUT2D eigenvalue weighted by atomic mass is 19.1. The second kappa shape index (κ2) is 5.96. The Kier molecular flexibility index (Phi) is 4.31. The molecular weight excluding hydrogens is 231 g/mol. The molecule has 0 saturated carbocycles. The van der Waals surface area contributed by atoms with Gasteiger partial charge in [-0.15, -0.1) is 0 Å². The SMILES string of the molecule is Cc1cc(C(=O)NC2CCCCNC2)ccc1F. The highest BCUT2D eigenvalue weighted by Crippen LogP contribution is 2.10. The highest BCUT2D eigenvalue weighted by molar-refractivity contribution is 5.94. The summed E-state index contributed by atoms with van der Waals surface area (Å²) < 4.78 is 13.1. The van der Waals surface area contributed by atoms with Gasteiger partial charge in [-0.3, -0.25) is 4.79 Å². The van der Waals surface area contributed by atoms with E-state index >= 15 is 0 Å². The molecule has 1 saturated heterocycles. The molecule has 2 rings (SSSR count). The number of rotatable bonds is 2. The van der Waals surface area contributed by atoms with E-state index in [-0.39, 0.29) is 17.8 Å². The topological polar surface area (TPSA) is 41.1 Å². The first-order valence-corrected chi connectivity index (χ1v) is 6.44. The van der Waals surface area contributed by atoms with Crippen LogP contribution >= 0.6 is 0 Å². The van der Waals surface area contributed by atoms with Crippen LogP contribution in [0.2, 0.25) is 0 Å². The fourth-order valence-electron chi connectivity index (χ4n) is 2.20. The molecular formula is C14H19FN2O. The number of nitrogens with one attached hydrogen (secondary N) is 2. The number of carbonyl (C=O) groups is 1. The molecule has 18 heavy (non-hydrogen) atoms. The molecule has 0 aliphatic carbocycles. The molecule has 0 radical (unpaired) electrons. The molecule has 1 heterocycles. The van der Waals surface area contributed by atoms with Gasteiger partial charge in [0.1, 0.15) is 5.82 Å². The van der Waals surface area contributed by atoms with E-state index < -0.39 is 0 Å². The summed E-state index contributed by atoms with van der Waals surface area (Å²) in [6.07, 6.45) is 3.28. The summed E-state index contributed by atoms with van der Waals surface area (Å²) in [5, 5.41) is 6.30. The number of amides is 1. The van der Waals surface area contributed by atoms with Gasteiger partial charge >= 0.3 is 0 Å². The maximum atomic E-state index is 13.1. The Balaban J connectivity index is 1.99. The zero-order chi connectivity index (χ0) is 13.0. The van der Waals surface area contributed by atoms with Crippen molar-refractivity contribution in [1.29, 1.82) is 0 Å². The van der Waals surface area contributed by atoms with Crippen LogP contribution in [0.25, 0.3) is 0 Å². The molecule has 1 unspecified atom stereocenters. The molecule has 1 amide bonds. The normalized spacial score (nSPS) is 20.2. The fourth-order valence-corrected chi connectivity index (χ4v) is 2.20. The first-order valence-electron chi connectivity index (χ1n) is 6.44. The predicted molar refractivity (Wildman–Crippen MR) is 69.1 cm³/mol. The lowest BCUT2D eigenvalue weighted by Gasteiger charge is -2.16. The van der Waals surface area contributed by atoms with Gasteiger partial charge in [0.15, 0.2) is 0 Å². The summed E-state index contributed by atoms with van der Waals surface area (Å²) >= 11 is 0. The van der Waals surface area contributed by atoms with Crippen molar-refractivity contribution in [3.63, 3.8) is 0 Å². The van der Waals surface area contributed by atoms with Gasteiger partial charge in [-0.2, -0.15) is 0 Å². The molecule has 1 aliphatic heterocycles. The molecule has 1 fully saturated rings. The van der Waals surface area contributed by atoms with Crippen LogP contribution in [0.3, 0.4) is 0 Å². The summed E-state index contributed by atoms with van der Waals surface area (Å²) in [6.45, 7) is 3.49. The molecule has 3 nitrogen and oxygen atoms in total. The van der Waals surface area contributed by atoms with Crippen molar-refractivity contribution < 1.29 is 9.18 Å². The van der Waals surface area contributed by atoms with Crippen LogP contribution in [-0.4, -0.2) is 25.0 Å². The molecule has 0 bridgehead atoms. The van der Waals surface area contributed by atoms with Crippen LogP contribution in [0.4, 0.5) is 4.39 Å². The minimum atomic E-state index is -0.275. The van der Waals surface area contributed by atoms with Crippen LogP contribution < -0.4 is 10.6 Å². The number of hydrogen-bond donors (Lipinski definition) is 2. The second-order valence-corrected chi connectivity index (χ2v) is 4.83. The minimum Gasteiger partial charge on any atom is -0.348 e. The number of aryl methyl sites for hydroxylation is 1. The Bertz CT molecular complexity index is 426. The van der Waals surface area contributed by atoms with Crippen molar-refractivity contribution in [3.05, 3.63) is 35.1 Å². The van der Waals surface area contributed by atoms with E-state index in [1.165, 1.54) is 12.1 Å². The first kappa shape index (κ1) is 13.0. The number of benzene rings is 1. The van der Waals surface area contributed by atoms with Crippen molar-refractivity contribution in [2.45, 2.75) is 32.2 Å². The van der Waals surface area contributed by atoms with Crippen LogP contribution in [0, 0.1) is 12.7 Å². The average Bonchev–Trinajstić information content (AvgIpc) is 2.61. The number of carbonyl (C=O) groups excluding carboxylic acids is 1. The Morgan fingerprint density at radius 2 is 2.28 bits per heavy atom. The summed E-state index contributed by atoms with van der Waals surface area (Å²) in [7, 11) is 0. The van der Waals surface area contributed by atoms with Crippen LogP contribution in [0.5, 0.6) is 0 Å². The Morgan fingerprint density at radius 3 is 3.06 bits per heavy atom. The van der Waals surface area contributed by atoms with Crippen molar-refractivity contribution in [2.24, 2.45) is 0 Å². The Labute approximate surface area is 107 Å². The summed E-state index contributed by atoms with van der Waals surface area (Å²) in [6, 6.07) is 4.64. The number of halogens is 1. The van der Waals surface area contributed by atoms with Gasteiger partial charge in [0, 0.05) is 18.2 Å². The average molecular weight is 250 g/mol. The fraction of sp³-hybridized carbons (Fsp3) is 0.500. The Morgan fingerprint density at radius 1 is 1.44 bits per heavy atom. The predicted octanol–water partition coefficient (Wildman–Crippen LogP) is 2.01. The van der Waals surface area contributed by atoms with Gasteiger partial charge in [0.05, 0.1) is 0 Å². The van der Waals surface area contributed by atoms with Gasteiger partial charge in [-0.1, -0.05) is 6.42 Å². The van der Waals surface area contributed by atoms with Crippen LogP contribution in [0.1, 0.15) is 35.2 Å². The third-order valence-corrected chi connectivity index (χ3v) is 3.30. The lowest BCUT2D eigenvalue weighted by atomic mass is 10.1. The van der Waals surface area contributed by atoms with Gasteiger partial charge in [-0.05, 0) is 50.1 Å². The second-order valence-electron chi connectivity index (χ2n) is 4.83. The largest absolute Gasteiger partial charge is 0.348 e. The van der Waals surface area contributed by atoms with E-state index in [0.717, 1.165) is 32.4 Å². The van der Waals surface area contributed by atoms with E-state index in [0.29, 0.717) is 11.1 Å². The van der Waals surface area contributed by atoms with E-state index in [1.54, 1.807) is 13.0 Å². The monoisotopic (exact) mass is 250 g/mol. The third kappa shape index (κ3) is 3.29. The molecule has 1 aliphatic rings. The molecule has 0 aromatic heterocycles. The maximum absolute atomic E-state index is 13.1. The molecule has 0 spiro atoms. The first-order chi connectivity index (χ1) is 8.66. The molecule has 1 atom stereocenters. The summed E-state index contributed by atoms with van der Waals surface area (Å²) in [5.74, 6) is -0.394. The van der Waals surface area contributed by atoms with Crippen LogP contribution in [0.15, 0.2) is 18.2 Å². The maximum Gasteiger partial charge on any atom is 0.251 e. The van der Waals surface area contributed by atoms with Crippen LogP contribution in [-0.2, 0) is 0 Å². The third-order valence-electron chi connectivity index (χ3n) is 3.30.